The summed E-state index contributed by atoms with van der Waals surface area (Å²) in [6.45, 7) is 13.0. The van der Waals surface area contributed by atoms with Crippen LogP contribution in [0.4, 0.5) is 4.79 Å². The Morgan fingerprint density at radius 2 is 1.25 bits per heavy atom. The lowest BCUT2D eigenvalue weighted by atomic mass is 9.44. The van der Waals surface area contributed by atoms with Gasteiger partial charge >= 0.3 is 30.0 Å². The fraction of sp³-hybridized carbons (Fsp3) is 0.778. The maximum atomic E-state index is 12.8. The van der Waals surface area contributed by atoms with Crippen molar-refractivity contribution >= 4 is 35.8 Å². The van der Waals surface area contributed by atoms with Crippen LogP contribution in [0.2, 0.25) is 0 Å². The first-order chi connectivity index (χ1) is 27.1. The van der Waals surface area contributed by atoms with Crippen molar-refractivity contribution in [3.63, 3.8) is 0 Å². The summed E-state index contributed by atoms with van der Waals surface area (Å²) in [6, 6.07) is 0. The minimum absolute atomic E-state index is 0.0576. The molecular weight excluding hydrogens is 732 g/mol. The molecule has 0 spiro atoms. The van der Waals surface area contributed by atoms with E-state index in [-0.39, 0.29) is 61.7 Å². The van der Waals surface area contributed by atoms with Crippen LogP contribution in [0.5, 0.6) is 0 Å². The number of allylic oxidation sites excluding steroid dienone is 2. The molecule has 12 heteroatoms. The van der Waals surface area contributed by atoms with Gasteiger partial charge in [-0.25, -0.2) is 4.79 Å². The zero-order valence-corrected chi connectivity index (χ0v) is 35.4. The van der Waals surface area contributed by atoms with E-state index in [1.165, 1.54) is 6.92 Å². The molecule has 0 heterocycles. The van der Waals surface area contributed by atoms with E-state index in [1.54, 1.807) is 26.0 Å². The molecule has 0 saturated heterocycles. The van der Waals surface area contributed by atoms with Gasteiger partial charge in [0, 0.05) is 25.7 Å². The molecule has 4 rings (SSSR count). The first kappa shape index (κ1) is 46.0. The van der Waals surface area contributed by atoms with Gasteiger partial charge in [-0.3, -0.25) is 24.0 Å². The number of esters is 4. The molecule has 320 valence electrons. The number of hydrogen-bond donors (Lipinski definition) is 0. The van der Waals surface area contributed by atoms with Crippen LogP contribution < -0.4 is 0 Å². The first-order valence-corrected chi connectivity index (χ1v) is 21.5. The van der Waals surface area contributed by atoms with E-state index in [1.807, 2.05) is 26.0 Å². The number of hydrogen-bond acceptors (Lipinski definition) is 12. The molecule has 4 fully saturated rings. The van der Waals surface area contributed by atoms with Crippen LogP contribution in [0.15, 0.2) is 24.3 Å². The van der Waals surface area contributed by atoms with Crippen LogP contribution in [0.25, 0.3) is 0 Å². The van der Waals surface area contributed by atoms with Crippen molar-refractivity contribution in [2.75, 3.05) is 13.2 Å². The topological polar surface area (TPSA) is 158 Å². The molecule has 0 radical (unpaired) electrons. The maximum absolute atomic E-state index is 12.8. The van der Waals surface area contributed by atoms with Crippen LogP contribution >= 0.6 is 0 Å². The second-order valence-electron chi connectivity index (χ2n) is 17.5. The van der Waals surface area contributed by atoms with Crippen molar-refractivity contribution < 1.29 is 57.2 Å². The van der Waals surface area contributed by atoms with Crippen molar-refractivity contribution in [3.05, 3.63) is 24.3 Å². The predicted octanol–water partition coefficient (Wildman–Crippen LogP) is 8.77. The van der Waals surface area contributed by atoms with Gasteiger partial charge in [-0.2, -0.15) is 0 Å². The first-order valence-electron chi connectivity index (χ1n) is 21.5. The monoisotopic (exact) mass is 800 g/mol. The SMILES string of the molecule is CC/C=C\CC(=O)OCC(COC(=O)C/C=C\CC)OC(=O)CC(C)CC(=O)OC(C)OC(=O)O[C@@H]1CC[C@@]2(C)[C@@H](CC[C@@H]3[C@@H]2CC[C@]2(C)[C@@H](C(C)=O)CC[C@@H]32)C1. The lowest BCUT2D eigenvalue weighted by Gasteiger charge is -2.61. The van der Waals surface area contributed by atoms with Crippen molar-refractivity contribution in [3.8, 4) is 0 Å². The van der Waals surface area contributed by atoms with Gasteiger partial charge in [0.15, 0.2) is 6.10 Å². The van der Waals surface area contributed by atoms with Gasteiger partial charge in [0.05, 0.1) is 12.8 Å². The second-order valence-corrected chi connectivity index (χ2v) is 17.5. The molecule has 4 aliphatic rings. The molecule has 2 unspecified atom stereocenters. The highest BCUT2D eigenvalue weighted by atomic mass is 16.8. The molecule has 10 atom stereocenters. The molecular formula is C45H68O12. The van der Waals surface area contributed by atoms with E-state index in [2.05, 4.69) is 13.8 Å². The molecule has 4 saturated carbocycles. The van der Waals surface area contributed by atoms with Crippen molar-refractivity contribution in [2.45, 2.75) is 163 Å². The van der Waals surface area contributed by atoms with E-state index in [4.69, 9.17) is 28.4 Å². The lowest BCUT2D eigenvalue weighted by molar-refractivity contribution is -0.173. The molecule has 0 bridgehead atoms. The number of Topliss-reactive ketones (excluding diaryl/α,β-unsaturated/α-hetero) is 1. The average molecular weight is 801 g/mol. The van der Waals surface area contributed by atoms with Gasteiger partial charge in [0.25, 0.3) is 0 Å². The summed E-state index contributed by atoms with van der Waals surface area (Å²) < 4.78 is 32.4. The van der Waals surface area contributed by atoms with E-state index in [9.17, 15) is 28.8 Å². The summed E-state index contributed by atoms with van der Waals surface area (Å²) in [7, 11) is 0. The quantitative estimate of drug-likeness (QED) is 0.0530. The third-order valence-corrected chi connectivity index (χ3v) is 13.5. The van der Waals surface area contributed by atoms with Crippen molar-refractivity contribution in [2.24, 2.45) is 46.3 Å². The number of ketones is 1. The van der Waals surface area contributed by atoms with Gasteiger partial charge in [0.1, 0.15) is 25.1 Å². The molecule has 0 aromatic carbocycles. The third-order valence-electron chi connectivity index (χ3n) is 13.5. The standard InChI is InChI=1S/C45H68O12/c1-8-10-12-14-39(47)52-27-34(28-53-40(48)15-13-11-9-2)56-42(50)25-29(3)24-41(49)54-31(5)55-43(51)57-33-20-22-44(6)32(26-33)16-17-35-37-19-18-36(30(4)46)45(37,7)23-21-38(35)44/h10-13,29,31-38H,8-9,14-28H2,1-7H3/b12-10-,13-11-/t29?,31?,32-,33+,35-,36+,37-,38-,44-,45+/m0/s1. The third kappa shape index (κ3) is 12.6. The maximum Gasteiger partial charge on any atom is 0.511 e. The number of rotatable bonds is 19. The minimum Gasteiger partial charge on any atom is -0.461 e. The zero-order chi connectivity index (χ0) is 41.8. The highest BCUT2D eigenvalue weighted by molar-refractivity contribution is 5.79. The van der Waals surface area contributed by atoms with Gasteiger partial charge < -0.3 is 28.4 Å². The van der Waals surface area contributed by atoms with Crippen molar-refractivity contribution in [1.82, 2.24) is 0 Å². The van der Waals surface area contributed by atoms with E-state index < -0.39 is 48.3 Å². The van der Waals surface area contributed by atoms with Crippen LogP contribution in [-0.4, -0.2) is 67.5 Å². The Labute approximate surface area is 339 Å². The molecule has 0 amide bonds. The van der Waals surface area contributed by atoms with Gasteiger partial charge in [0.2, 0.25) is 6.29 Å². The van der Waals surface area contributed by atoms with Gasteiger partial charge in [-0.05, 0) is 118 Å². The molecule has 0 aromatic rings. The normalized spacial score (nSPS) is 30.4. The Bertz CT molecular complexity index is 1440. The van der Waals surface area contributed by atoms with Crippen LogP contribution in [0.1, 0.15) is 145 Å². The summed E-state index contributed by atoms with van der Waals surface area (Å²) in [5.41, 5.74) is 0.315. The number of ether oxygens (including phenoxy) is 6. The molecule has 57 heavy (non-hydrogen) atoms. The summed E-state index contributed by atoms with van der Waals surface area (Å²) in [6.07, 6.45) is 14.2. The van der Waals surface area contributed by atoms with Crippen LogP contribution in [0.3, 0.4) is 0 Å². The largest absolute Gasteiger partial charge is 0.511 e. The van der Waals surface area contributed by atoms with Crippen LogP contribution in [-0.2, 0) is 52.4 Å². The van der Waals surface area contributed by atoms with Crippen molar-refractivity contribution in [1.29, 1.82) is 0 Å². The molecule has 0 aliphatic heterocycles. The van der Waals surface area contributed by atoms with Crippen LogP contribution in [0, 0.1) is 46.3 Å². The zero-order valence-electron chi connectivity index (χ0n) is 35.4. The highest BCUT2D eigenvalue weighted by Gasteiger charge is 2.61. The highest BCUT2D eigenvalue weighted by Crippen LogP contribution is 2.67. The molecule has 0 N–H and O–H groups in total. The fourth-order valence-electron chi connectivity index (χ4n) is 10.7. The summed E-state index contributed by atoms with van der Waals surface area (Å²) in [5.74, 6) is 0.0334. The Morgan fingerprint density at radius 3 is 1.84 bits per heavy atom. The summed E-state index contributed by atoms with van der Waals surface area (Å²) in [4.78, 5) is 75.1. The molecule has 0 aromatic heterocycles. The second kappa shape index (κ2) is 21.3. The smallest absolute Gasteiger partial charge is 0.461 e. The Morgan fingerprint density at radius 1 is 0.667 bits per heavy atom. The van der Waals surface area contributed by atoms with Gasteiger partial charge in [-0.1, -0.05) is 58.9 Å². The number of carbonyl (C=O) groups is 6. The fourth-order valence-corrected chi connectivity index (χ4v) is 10.7. The summed E-state index contributed by atoms with van der Waals surface area (Å²) in [5, 5.41) is 0. The number of fused-ring (bicyclic) bond motifs is 5. The van der Waals surface area contributed by atoms with E-state index in [0.717, 1.165) is 70.6 Å². The minimum atomic E-state index is -1.19. The molecule has 12 nitrogen and oxygen atoms in total. The average Bonchev–Trinajstić information content (AvgIpc) is 3.50. The van der Waals surface area contributed by atoms with E-state index >= 15 is 0 Å². The Hall–Kier alpha value is -3.70. The Balaban J connectivity index is 1.18. The van der Waals surface area contributed by atoms with E-state index in [0.29, 0.717) is 29.5 Å². The predicted molar refractivity (Wildman–Crippen MR) is 211 cm³/mol. The lowest BCUT2D eigenvalue weighted by Crippen LogP contribution is -2.54. The number of carbonyl (C=O) groups excluding carboxylic acids is 6. The molecule has 4 aliphatic carbocycles. The summed E-state index contributed by atoms with van der Waals surface area (Å²) >= 11 is 0. The van der Waals surface area contributed by atoms with Gasteiger partial charge in [-0.15, -0.1) is 0 Å². The Kier molecular flexibility index (Phi) is 17.2.